The standard InChI is InChI=1S/C19H27NO/c1-4-16-17-11-7-8-12-18(17)21-19(16)14(3)20-13(2)15-9-5-6-10-15/h7-8,11-15,20H,4-6,9-10H2,1-3H3. The summed E-state index contributed by atoms with van der Waals surface area (Å²) in [6.45, 7) is 6.79. The van der Waals surface area contributed by atoms with Crippen LogP contribution < -0.4 is 5.32 Å². The summed E-state index contributed by atoms with van der Waals surface area (Å²) in [5.74, 6) is 1.96. The molecular formula is C19H27NO. The summed E-state index contributed by atoms with van der Waals surface area (Å²) < 4.78 is 6.15. The van der Waals surface area contributed by atoms with E-state index in [0.29, 0.717) is 6.04 Å². The highest BCUT2D eigenvalue weighted by Gasteiger charge is 2.25. The molecule has 114 valence electrons. The monoisotopic (exact) mass is 285 g/mol. The average Bonchev–Trinajstić information content (AvgIpc) is 3.14. The SMILES string of the molecule is CCc1c(C(C)NC(C)C2CCCC2)oc2ccccc12. The number of hydrogen-bond acceptors (Lipinski definition) is 2. The molecular weight excluding hydrogens is 258 g/mol. The lowest BCUT2D eigenvalue weighted by Gasteiger charge is -2.24. The van der Waals surface area contributed by atoms with Gasteiger partial charge in [-0.05, 0) is 45.1 Å². The number of para-hydroxylation sites is 1. The minimum atomic E-state index is 0.281. The van der Waals surface area contributed by atoms with Crippen molar-refractivity contribution in [3.63, 3.8) is 0 Å². The van der Waals surface area contributed by atoms with Gasteiger partial charge >= 0.3 is 0 Å². The molecule has 2 atom stereocenters. The van der Waals surface area contributed by atoms with Crippen LogP contribution in [0.5, 0.6) is 0 Å². The van der Waals surface area contributed by atoms with Crippen molar-refractivity contribution in [1.82, 2.24) is 5.32 Å². The van der Waals surface area contributed by atoms with Crippen molar-refractivity contribution in [2.75, 3.05) is 0 Å². The Morgan fingerprint density at radius 1 is 1.19 bits per heavy atom. The normalized spacial score (nSPS) is 19.2. The molecule has 1 aromatic heterocycles. The maximum Gasteiger partial charge on any atom is 0.134 e. The number of rotatable bonds is 5. The summed E-state index contributed by atoms with van der Waals surface area (Å²) in [6.07, 6.45) is 6.57. The van der Waals surface area contributed by atoms with Crippen molar-refractivity contribution in [2.45, 2.75) is 65.0 Å². The van der Waals surface area contributed by atoms with Crippen molar-refractivity contribution in [2.24, 2.45) is 5.92 Å². The fraction of sp³-hybridized carbons (Fsp3) is 0.579. The van der Waals surface area contributed by atoms with E-state index < -0.39 is 0 Å². The van der Waals surface area contributed by atoms with E-state index in [4.69, 9.17) is 4.42 Å². The second-order valence-electron chi connectivity index (χ2n) is 6.52. The molecule has 0 bridgehead atoms. The van der Waals surface area contributed by atoms with Crippen LogP contribution >= 0.6 is 0 Å². The molecule has 1 heterocycles. The first-order chi connectivity index (χ1) is 10.2. The zero-order valence-corrected chi connectivity index (χ0v) is 13.5. The van der Waals surface area contributed by atoms with Crippen molar-refractivity contribution >= 4 is 11.0 Å². The van der Waals surface area contributed by atoms with Crippen LogP contribution in [0, 0.1) is 5.92 Å². The molecule has 1 aromatic carbocycles. The molecule has 0 aliphatic heterocycles. The largest absolute Gasteiger partial charge is 0.459 e. The van der Waals surface area contributed by atoms with Gasteiger partial charge in [-0.25, -0.2) is 0 Å². The number of benzene rings is 1. The molecule has 21 heavy (non-hydrogen) atoms. The van der Waals surface area contributed by atoms with Gasteiger partial charge in [-0.15, -0.1) is 0 Å². The van der Waals surface area contributed by atoms with Crippen LogP contribution in [0.4, 0.5) is 0 Å². The van der Waals surface area contributed by atoms with Gasteiger partial charge in [0.2, 0.25) is 0 Å². The topological polar surface area (TPSA) is 25.2 Å². The molecule has 2 unspecified atom stereocenters. The summed E-state index contributed by atoms with van der Waals surface area (Å²) >= 11 is 0. The molecule has 1 N–H and O–H groups in total. The maximum absolute atomic E-state index is 6.15. The van der Waals surface area contributed by atoms with Crippen molar-refractivity contribution in [3.05, 3.63) is 35.6 Å². The Labute approximate surface area is 127 Å². The zero-order valence-electron chi connectivity index (χ0n) is 13.5. The molecule has 2 nitrogen and oxygen atoms in total. The van der Waals surface area contributed by atoms with E-state index in [1.54, 1.807) is 0 Å². The lowest BCUT2D eigenvalue weighted by Crippen LogP contribution is -2.34. The Kier molecular flexibility index (Phi) is 4.34. The van der Waals surface area contributed by atoms with Crippen molar-refractivity contribution in [3.8, 4) is 0 Å². The highest BCUT2D eigenvalue weighted by molar-refractivity contribution is 5.82. The fourth-order valence-corrected chi connectivity index (χ4v) is 3.90. The van der Waals surface area contributed by atoms with E-state index in [2.05, 4.69) is 44.3 Å². The van der Waals surface area contributed by atoms with Crippen LogP contribution in [0.2, 0.25) is 0 Å². The maximum atomic E-state index is 6.15. The van der Waals surface area contributed by atoms with E-state index in [-0.39, 0.29) is 6.04 Å². The number of hydrogen-bond donors (Lipinski definition) is 1. The molecule has 2 aromatic rings. The quantitative estimate of drug-likeness (QED) is 0.814. The predicted molar refractivity (Wildman–Crippen MR) is 88.6 cm³/mol. The third-order valence-electron chi connectivity index (χ3n) is 5.10. The first kappa shape index (κ1) is 14.6. The molecule has 0 saturated heterocycles. The van der Waals surface area contributed by atoms with Gasteiger partial charge in [-0.3, -0.25) is 0 Å². The van der Waals surface area contributed by atoms with E-state index in [0.717, 1.165) is 23.7 Å². The minimum absolute atomic E-state index is 0.281. The highest BCUT2D eigenvalue weighted by Crippen LogP contribution is 2.32. The van der Waals surface area contributed by atoms with Crippen molar-refractivity contribution < 1.29 is 4.42 Å². The number of fused-ring (bicyclic) bond motifs is 1. The minimum Gasteiger partial charge on any atom is -0.459 e. The van der Waals surface area contributed by atoms with Gasteiger partial charge in [0.1, 0.15) is 11.3 Å². The highest BCUT2D eigenvalue weighted by atomic mass is 16.3. The smallest absolute Gasteiger partial charge is 0.134 e. The molecule has 1 fully saturated rings. The zero-order chi connectivity index (χ0) is 14.8. The van der Waals surface area contributed by atoms with Gasteiger partial charge in [-0.2, -0.15) is 0 Å². The number of aryl methyl sites for hydroxylation is 1. The first-order valence-electron chi connectivity index (χ1n) is 8.47. The first-order valence-corrected chi connectivity index (χ1v) is 8.47. The average molecular weight is 285 g/mol. The van der Waals surface area contributed by atoms with E-state index in [9.17, 15) is 0 Å². The van der Waals surface area contributed by atoms with Crippen LogP contribution in [0.1, 0.15) is 63.8 Å². The van der Waals surface area contributed by atoms with Crippen LogP contribution in [0.25, 0.3) is 11.0 Å². The summed E-state index contributed by atoms with van der Waals surface area (Å²) in [7, 11) is 0. The molecule has 1 aliphatic carbocycles. The van der Waals surface area contributed by atoms with Gasteiger partial charge < -0.3 is 9.73 Å². The van der Waals surface area contributed by atoms with Crippen molar-refractivity contribution in [1.29, 1.82) is 0 Å². The Morgan fingerprint density at radius 2 is 1.90 bits per heavy atom. The van der Waals surface area contributed by atoms with Crippen LogP contribution in [0.3, 0.4) is 0 Å². The Bertz CT molecular complexity index is 595. The summed E-state index contributed by atoms with van der Waals surface area (Å²) in [5, 5.41) is 5.06. The molecule has 3 rings (SSSR count). The van der Waals surface area contributed by atoms with E-state index >= 15 is 0 Å². The van der Waals surface area contributed by atoms with Gasteiger partial charge in [0, 0.05) is 17.0 Å². The summed E-state index contributed by atoms with van der Waals surface area (Å²) in [4.78, 5) is 0. The Morgan fingerprint density at radius 3 is 2.62 bits per heavy atom. The van der Waals surface area contributed by atoms with Crippen LogP contribution in [0.15, 0.2) is 28.7 Å². The van der Waals surface area contributed by atoms with Gasteiger partial charge in [0.05, 0.1) is 6.04 Å². The number of nitrogens with one attached hydrogen (secondary N) is 1. The lowest BCUT2D eigenvalue weighted by atomic mass is 9.98. The van der Waals surface area contributed by atoms with E-state index in [1.165, 1.54) is 36.6 Å². The van der Waals surface area contributed by atoms with Gasteiger partial charge in [0.25, 0.3) is 0 Å². The predicted octanol–water partition coefficient (Wildman–Crippen LogP) is 5.22. The summed E-state index contributed by atoms with van der Waals surface area (Å²) in [6, 6.07) is 9.25. The molecule has 1 aliphatic rings. The second-order valence-corrected chi connectivity index (χ2v) is 6.52. The second kappa shape index (κ2) is 6.23. The Balaban J connectivity index is 1.81. The third kappa shape index (κ3) is 2.87. The van der Waals surface area contributed by atoms with E-state index in [1.807, 2.05) is 6.07 Å². The number of furan rings is 1. The van der Waals surface area contributed by atoms with Gasteiger partial charge in [0.15, 0.2) is 0 Å². The van der Waals surface area contributed by atoms with Crippen LogP contribution in [-0.4, -0.2) is 6.04 Å². The summed E-state index contributed by atoms with van der Waals surface area (Å²) in [5.41, 5.74) is 2.38. The molecule has 0 spiro atoms. The van der Waals surface area contributed by atoms with Gasteiger partial charge in [-0.1, -0.05) is 38.0 Å². The fourth-order valence-electron chi connectivity index (χ4n) is 3.90. The lowest BCUT2D eigenvalue weighted by molar-refractivity contribution is 0.329. The molecule has 2 heteroatoms. The molecule has 1 saturated carbocycles. The molecule has 0 radical (unpaired) electrons. The Hall–Kier alpha value is -1.28. The molecule has 0 amide bonds. The third-order valence-corrected chi connectivity index (χ3v) is 5.10. The van der Waals surface area contributed by atoms with Crippen LogP contribution in [-0.2, 0) is 6.42 Å².